The molecule has 6 rings (SSSR count). The first-order valence-electron chi connectivity index (χ1n) is 16.2. The molecule has 2 N–H and O–H groups in total. The third kappa shape index (κ3) is 7.42. The molecule has 1 fully saturated rings. The summed E-state index contributed by atoms with van der Waals surface area (Å²) in [5, 5.41) is 6.00. The molecule has 1 aliphatic heterocycles. The van der Waals surface area contributed by atoms with E-state index < -0.39 is 11.8 Å². The molecule has 0 bridgehead atoms. The Morgan fingerprint density at radius 1 is 0.740 bits per heavy atom. The van der Waals surface area contributed by atoms with Crippen molar-refractivity contribution in [3.63, 3.8) is 0 Å². The zero-order valence-corrected chi connectivity index (χ0v) is 28.4. The molecule has 0 unspecified atom stereocenters. The van der Waals surface area contributed by atoms with Gasteiger partial charge in [0.2, 0.25) is 0 Å². The molecule has 5 aromatic rings. The maximum Gasteiger partial charge on any atom is 0.291 e. The lowest BCUT2D eigenvalue weighted by atomic mass is 9.89. The first-order valence-corrected chi connectivity index (χ1v) is 16.2. The lowest BCUT2D eigenvalue weighted by Crippen LogP contribution is -2.32. The van der Waals surface area contributed by atoms with Crippen LogP contribution in [-0.2, 0) is 6.54 Å². The summed E-state index contributed by atoms with van der Waals surface area (Å²) in [6, 6.07) is 24.7. The van der Waals surface area contributed by atoms with Crippen LogP contribution >= 0.6 is 0 Å². The first kappa shape index (κ1) is 34.1. The van der Waals surface area contributed by atoms with Crippen molar-refractivity contribution in [1.82, 2.24) is 4.90 Å². The summed E-state index contributed by atoms with van der Waals surface area (Å²) in [4.78, 5) is 42.0. The fraction of sp³-hybridized carbons (Fsp3) is 0.256. The number of hydrogen-bond donors (Lipinski definition) is 2. The van der Waals surface area contributed by atoms with Gasteiger partial charge in [0.1, 0.15) is 5.58 Å². The van der Waals surface area contributed by atoms with E-state index in [1.54, 1.807) is 38.5 Å². The summed E-state index contributed by atoms with van der Waals surface area (Å²) in [6.45, 7) is 2.77. The van der Waals surface area contributed by atoms with Gasteiger partial charge in [-0.25, -0.2) is 0 Å². The van der Waals surface area contributed by atoms with Gasteiger partial charge in [0.15, 0.2) is 34.2 Å². The molecule has 1 saturated heterocycles. The summed E-state index contributed by atoms with van der Waals surface area (Å²) >= 11 is 0. The standard InChI is InChI=1S/C39H39N3O8/c1-46-33-14-9-24(19-34(33)47-2)23-42-17-15-26(16-18-42)25-10-12-27(13-11-25)40-38(44)29-20-35(48-3)36(49-4)21-30(29)41-39(45)37-22-31(43)28-7-5-6-8-32(28)50-37/h5-14,19-22,26H,15-18,23H2,1-4H3,(H,40,44)(H,41,45). The molecule has 1 aromatic heterocycles. The van der Waals surface area contributed by atoms with Crippen LogP contribution in [-0.4, -0.2) is 58.2 Å². The normalized spacial score (nSPS) is 13.4. The number of para-hydroxylation sites is 1. The van der Waals surface area contributed by atoms with Crippen LogP contribution in [0.2, 0.25) is 0 Å². The molecular weight excluding hydrogens is 638 g/mol. The highest BCUT2D eigenvalue weighted by Crippen LogP contribution is 2.35. The van der Waals surface area contributed by atoms with E-state index in [9.17, 15) is 14.4 Å². The number of methoxy groups -OCH3 is 4. The summed E-state index contributed by atoms with van der Waals surface area (Å²) < 4.78 is 27.4. The molecule has 4 aromatic carbocycles. The summed E-state index contributed by atoms with van der Waals surface area (Å²) in [5.41, 5.74) is 3.19. The molecule has 258 valence electrons. The van der Waals surface area contributed by atoms with Crippen molar-refractivity contribution in [2.24, 2.45) is 0 Å². The quantitative estimate of drug-likeness (QED) is 0.157. The van der Waals surface area contributed by atoms with Crippen LogP contribution in [0.4, 0.5) is 11.4 Å². The second-order valence-electron chi connectivity index (χ2n) is 12.0. The van der Waals surface area contributed by atoms with E-state index >= 15 is 0 Å². The van der Waals surface area contributed by atoms with Gasteiger partial charge in [-0.1, -0.05) is 30.3 Å². The van der Waals surface area contributed by atoms with E-state index in [1.807, 2.05) is 36.4 Å². The van der Waals surface area contributed by atoms with Gasteiger partial charge in [0.05, 0.1) is 45.1 Å². The number of nitrogens with one attached hydrogen (secondary N) is 2. The van der Waals surface area contributed by atoms with E-state index in [0.29, 0.717) is 28.5 Å². The zero-order valence-electron chi connectivity index (χ0n) is 28.4. The predicted molar refractivity (Wildman–Crippen MR) is 191 cm³/mol. The minimum atomic E-state index is -0.701. The number of carbonyl (C=O) groups excluding carboxylic acids is 2. The molecular formula is C39H39N3O8. The largest absolute Gasteiger partial charge is 0.493 e. The minimum Gasteiger partial charge on any atom is -0.493 e. The van der Waals surface area contributed by atoms with E-state index in [0.717, 1.165) is 50.0 Å². The highest BCUT2D eigenvalue weighted by Gasteiger charge is 2.23. The molecule has 11 nitrogen and oxygen atoms in total. The number of ether oxygens (including phenoxy) is 4. The Morgan fingerprint density at radius 3 is 2.10 bits per heavy atom. The van der Waals surface area contributed by atoms with Crippen molar-refractivity contribution in [3.05, 3.63) is 118 Å². The molecule has 11 heteroatoms. The molecule has 1 aliphatic rings. The number of hydrogen-bond acceptors (Lipinski definition) is 9. The van der Waals surface area contributed by atoms with Gasteiger partial charge in [-0.2, -0.15) is 0 Å². The third-order valence-electron chi connectivity index (χ3n) is 8.96. The van der Waals surface area contributed by atoms with E-state index in [2.05, 4.69) is 21.6 Å². The number of benzene rings is 4. The Balaban J connectivity index is 1.13. The van der Waals surface area contributed by atoms with Gasteiger partial charge in [0, 0.05) is 24.4 Å². The number of fused-ring (bicyclic) bond motifs is 1. The van der Waals surface area contributed by atoms with Crippen LogP contribution in [0.5, 0.6) is 23.0 Å². The Hall–Kier alpha value is -5.81. The van der Waals surface area contributed by atoms with Crippen molar-refractivity contribution >= 4 is 34.2 Å². The SMILES string of the molecule is COc1ccc(CN2CCC(c3ccc(NC(=O)c4cc(OC)c(OC)cc4NC(=O)c4cc(=O)c5ccccc5o4)cc3)CC2)cc1OC. The number of carbonyl (C=O) groups is 2. The highest BCUT2D eigenvalue weighted by atomic mass is 16.5. The average Bonchev–Trinajstić information content (AvgIpc) is 3.15. The second-order valence-corrected chi connectivity index (χ2v) is 12.0. The van der Waals surface area contributed by atoms with Crippen LogP contribution in [0.25, 0.3) is 11.0 Å². The fourth-order valence-electron chi connectivity index (χ4n) is 6.27. The third-order valence-corrected chi connectivity index (χ3v) is 8.96. The molecule has 2 heterocycles. The number of likely N-dealkylation sites (tertiary alicyclic amines) is 1. The number of anilines is 2. The number of rotatable bonds is 11. The van der Waals surface area contributed by atoms with Gasteiger partial charge in [-0.3, -0.25) is 19.3 Å². The van der Waals surface area contributed by atoms with Crippen LogP contribution in [0.3, 0.4) is 0 Å². The molecule has 2 amide bonds. The Kier molecular flexibility index (Phi) is 10.3. The first-order chi connectivity index (χ1) is 24.3. The van der Waals surface area contributed by atoms with E-state index in [4.69, 9.17) is 23.4 Å². The van der Waals surface area contributed by atoms with Gasteiger partial charge >= 0.3 is 0 Å². The molecule has 0 radical (unpaired) electrons. The van der Waals surface area contributed by atoms with Crippen molar-refractivity contribution in [2.45, 2.75) is 25.3 Å². The number of piperidine rings is 1. The van der Waals surface area contributed by atoms with Crippen molar-refractivity contribution in [2.75, 3.05) is 52.2 Å². The van der Waals surface area contributed by atoms with Gasteiger partial charge < -0.3 is 34.0 Å². The van der Waals surface area contributed by atoms with Gasteiger partial charge in [0.25, 0.3) is 11.8 Å². The lowest BCUT2D eigenvalue weighted by molar-refractivity contribution is 0.0997. The van der Waals surface area contributed by atoms with Crippen LogP contribution in [0.15, 0.2) is 94.1 Å². The Bertz CT molecular complexity index is 2070. The van der Waals surface area contributed by atoms with Gasteiger partial charge in [-0.15, -0.1) is 0 Å². The smallest absolute Gasteiger partial charge is 0.291 e. The Morgan fingerprint density at radius 2 is 1.40 bits per heavy atom. The topological polar surface area (TPSA) is 129 Å². The average molecular weight is 678 g/mol. The molecule has 0 saturated carbocycles. The van der Waals surface area contributed by atoms with Crippen molar-refractivity contribution in [3.8, 4) is 23.0 Å². The highest BCUT2D eigenvalue weighted by molar-refractivity contribution is 6.12. The molecule has 0 spiro atoms. The number of amides is 2. The zero-order chi connectivity index (χ0) is 35.2. The maximum atomic E-state index is 13.6. The van der Waals surface area contributed by atoms with Crippen LogP contribution < -0.4 is 35.0 Å². The molecule has 0 aliphatic carbocycles. The summed E-state index contributed by atoms with van der Waals surface area (Å²) in [6.07, 6.45) is 2.04. The molecule has 50 heavy (non-hydrogen) atoms. The van der Waals surface area contributed by atoms with Crippen LogP contribution in [0.1, 0.15) is 50.8 Å². The van der Waals surface area contributed by atoms with E-state index in [1.165, 1.54) is 37.5 Å². The summed E-state index contributed by atoms with van der Waals surface area (Å²) in [5.74, 6) is 1.10. The fourth-order valence-corrected chi connectivity index (χ4v) is 6.27. The predicted octanol–water partition coefficient (Wildman–Crippen LogP) is 6.71. The van der Waals surface area contributed by atoms with Crippen molar-refractivity contribution in [1.29, 1.82) is 0 Å². The lowest BCUT2D eigenvalue weighted by Gasteiger charge is -2.32. The van der Waals surface area contributed by atoms with Gasteiger partial charge in [-0.05, 0) is 85.4 Å². The monoisotopic (exact) mass is 677 g/mol. The maximum absolute atomic E-state index is 13.6. The van der Waals surface area contributed by atoms with Crippen LogP contribution in [0, 0.1) is 0 Å². The second kappa shape index (κ2) is 15.2. The molecule has 0 atom stereocenters. The van der Waals surface area contributed by atoms with E-state index in [-0.39, 0.29) is 28.0 Å². The summed E-state index contributed by atoms with van der Waals surface area (Å²) in [7, 11) is 6.20. The Labute approximate surface area is 289 Å². The minimum absolute atomic E-state index is 0.130. The van der Waals surface area contributed by atoms with Crippen molar-refractivity contribution < 1.29 is 33.0 Å². The number of nitrogens with zero attached hydrogens (tertiary/aromatic N) is 1.